The summed E-state index contributed by atoms with van der Waals surface area (Å²) in [5, 5.41) is 0. The summed E-state index contributed by atoms with van der Waals surface area (Å²) in [7, 11) is 1.80. The van der Waals surface area contributed by atoms with Crippen molar-refractivity contribution in [3.63, 3.8) is 0 Å². The molecule has 1 heterocycles. The Hall–Kier alpha value is -0.120. The SMILES string of the molecule is COCC1CCCN(CCC(N)CC(C)(C)C)C1. The summed E-state index contributed by atoms with van der Waals surface area (Å²) in [5.41, 5.74) is 6.57. The van der Waals surface area contributed by atoms with Gasteiger partial charge < -0.3 is 15.4 Å². The fourth-order valence-corrected chi connectivity index (χ4v) is 2.96. The number of nitrogens with zero attached hydrogens (tertiary/aromatic N) is 1. The first-order chi connectivity index (χ1) is 8.40. The van der Waals surface area contributed by atoms with Gasteiger partial charge >= 0.3 is 0 Å². The van der Waals surface area contributed by atoms with E-state index in [4.69, 9.17) is 10.5 Å². The van der Waals surface area contributed by atoms with E-state index in [1.165, 1.54) is 25.9 Å². The van der Waals surface area contributed by atoms with Crippen LogP contribution in [0.4, 0.5) is 0 Å². The highest BCUT2D eigenvalue weighted by Gasteiger charge is 2.21. The van der Waals surface area contributed by atoms with Crippen molar-refractivity contribution in [2.24, 2.45) is 17.1 Å². The summed E-state index contributed by atoms with van der Waals surface area (Å²) in [6.07, 6.45) is 4.86. The topological polar surface area (TPSA) is 38.5 Å². The van der Waals surface area contributed by atoms with Crippen molar-refractivity contribution in [1.82, 2.24) is 4.90 Å². The van der Waals surface area contributed by atoms with E-state index in [1.807, 2.05) is 0 Å². The van der Waals surface area contributed by atoms with Crippen LogP contribution in [-0.4, -0.2) is 44.3 Å². The first-order valence-corrected chi connectivity index (χ1v) is 7.37. The molecule has 1 aliphatic rings. The number of piperidine rings is 1. The largest absolute Gasteiger partial charge is 0.384 e. The molecule has 1 rings (SSSR count). The molecule has 0 aromatic carbocycles. The summed E-state index contributed by atoms with van der Waals surface area (Å²) in [6.45, 7) is 11.3. The Kier molecular flexibility index (Phi) is 6.61. The molecule has 2 N–H and O–H groups in total. The third-order valence-corrected chi connectivity index (χ3v) is 3.70. The standard InChI is InChI=1S/C15H32N2O/c1-15(2,3)10-14(16)7-9-17-8-5-6-13(11-17)12-18-4/h13-14H,5-12,16H2,1-4H3. The average Bonchev–Trinajstić information content (AvgIpc) is 2.25. The second-order valence-corrected chi connectivity index (χ2v) is 7.08. The Balaban J connectivity index is 2.22. The van der Waals surface area contributed by atoms with Crippen LogP contribution < -0.4 is 5.73 Å². The monoisotopic (exact) mass is 256 g/mol. The van der Waals surface area contributed by atoms with Gasteiger partial charge in [-0.1, -0.05) is 20.8 Å². The van der Waals surface area contributed by atoms with E-state index >= 15 is 0 Å². The Labute approximate surface area is 113 Å². The van der Waals surface area contributed by atoms with E-state index in [-0.39, 0.29) is 0 Å². The van der Waals surface area contributed by atoms with Crippen LogP contribution in [0.3, 0.4) is 0 Å². The molecule has 1 aliphatic heterocycles. The molecule has 2 atom stereocenters. The van der Waals surface area contributed by atoms with Crippen LogP contribution in [0.15, 0.2) is 0 Å². The first kappa shape index (κ1) is 15.9. The molecule has 2 unspecified atom stereocenters. The second-order valence-electron chi connectivity index (χ2n) is 7.08. The normalized spacial score (nSPS) is 24.2. The number of methoxy groups -OCH3 is 1. The van der Waals surface area contributed by atoms with Gasteiger partial charge in [0.15, 0.2) is 0 Å². The predicted octanol–water partition coefficient (Wildman–Crippen LogP) is 2.50. The quantitative estimate of drug-likeness (QED) is 0.793. The van der Waals surface area contributed by atoms with E-state index in [1.54, 1.807) is 7.11 Å². The number of rotatable bonds is 6. The Morgan fingerprint density at radius 1 is 1.39 bits per heavy atom. The maximum Gasteiger partial charge on any atom is 0.0502 e. The molecule has 0 aliphatic carbocycles. The van der Waals surface area contributed by atoms with Crippen molar-refractivity contribution < 1.29 is 4.74 Å². The van der Waals surface area contributed by atoms with Crippen LogP contribution >= 0.6 is 0 Å². The van der Waals surface area contributed by atoms with Gasteiger partial charge in [-0.15, -0.1) is 0 Å². The lowest BCUT2D eigenvalue weighted by Gasteiger charge is -2.33. The lowest BCUT2D eigenvalue weighted by atomic mass is 9.87. The van der Waals surface area contributed by atoms with Gasteiger partial charge in [-0.3, -0.25) is 0 Å². The molecule has 0 aromatic heterocycles. The zero-order valence-corrected chi connectivity index (χ0v) is 12.7. The maximum atomic E-state index is 6.22. The number of ether oxygens (including phenoxy) is 1. The summed E-state index contributed by atoms with van der Waals surface area (Å²) < 4.78 is 5.27. The highest BCUT2D eigenvalue weighted by atomic mass is 16.5. The van der Waals surface area contributed by atoms with Crippen molar-refractivity contribution >= 4 is 0 Å². The van der Waals surface area contributed by atoms with E-state index in [0.717, 1.165) is 31.9 Å². The van der Waals surface area contributed by atoms with Crippen LogP contribution in [0.5, 0.6) is 0 Å². The molecule has 1 fully saturated rings. The summed E-state index contributed by atoms with van der Waals surface area (Å²) in [4.78, 5) is 2.57. The molecule has 0 aromatic rings. The van der Waals surface area contributed by atoms with Crippen LogP contribution in [0, 0.1) is 11.3 Å². The smallest absolute Gasteiger partial charge is 0.0502 e. The average molecular weight is 256 g/mol. The van der Waals surface area contributed by atoms with Gasteiger partial charge in [-0.2, -0.15) is 0 Å². The second kappa shape index (κ2) is 7.46. The minimum Gasteiger partial charge on any atom is -0.384 e. The Bertz CT molecular complexity index is 223. The van der Waals surface area contributed by atoms with Gasteiger partial charge in [-0.25, -0.2) is 0 Å². The molecule has 0 saturated carbocycles. The van der Waals surface area contributed by atoms with E-state index in [0.29, 0.717) is 11.5 Å². The molecule has 3 nitrogen and oxygen atoms in total. The third kappa shape index (κ3) is 6.72. The number of hydrogen-bond acceptors (Lipinski definition) is 3. The molecule has 0 radical (unpaired) electrons. The van der Waals surface area contributed by atoms with Crippen LogP contribution in [0.1, 0.15) is 46.5 Å². The summed E-state index contributed by atoms with van der Waals surface area (Å²) in [5.74, 6) is 0.725. The van der Waals surface area contributed by atoms with Crippen LogP contribution in [-0.2, 0) is 4.74 Å². The maximum absolute atomic E-state index is 6.22. The van der Waals surface area contributed by atoms with Gasteiger partial charge in [-0.05, 0) is 50.1 Å². The van der Waals surface area contributed by atoms with Crippen LogP contribution in [0.2, 0.25) is 0 Å². The lowest BCUT2D eigenvalue weighted by Crippen LogP contribution is -2.40. The third-order valence-electron chi connectivity index (χ3n) is 3.70. The minimum atomic E-state index is 0.341. The fourth-order valence-electron chi connectivity index (χ4n) is 2.96. The van der Waals surface area contributed by atoms with Gasteiger partial charge in [0.25, 0.3) is 0 Å². The number of nitrogens with two attached hydrogens (primary N) is 1. The lowest BCUT2D eigenvalue weighted by molar-refractivity contribution is 0.0885. The number of hydrogen-bond donors (Lipinski definition) is 1. The van der Waals surface area contributed by atoms with Gasteiger partial charge in [0.2, 0.25) is 0 Å². The Morgan fingerprint density at radius 3 is 2.72 bits per heavy atom. The van der Waals surface area contributed by atoms with E-state index in [9.17, 15) is 0 Å². The van der Waals surface area contributed by atoms with Gasteiger partial charge in [0.05, 0.1) is 6.61 Å². The molecule has 108 valence electrons. The van der Waals surface area contributed by atoms with Gasteiger partial charge in [0.1, 0.15) is 0 Å². The molecule has 1 saturated heterocycles. The molecule has 0 bridgehead atoms. The Morgan fingerprint density at radius 2 is 2.11 bits per heavy atom. The molecule has 0 amide bonds. The number of likely N-dealkylation sites (tertiary alicyclic amines) is 1. The highest BCUT2D eigenvalue weighted by Crippen LogP contribution is 2.22. The van der Waals surface area contributed by atoms with E-state index in [2.05, 4.69) is 25.7 Å². The zero-order chi connectivity index (χ0) is 13.6. The summed E-state index contributed by atoms with van der Waals surface area (Å²) >= 11 is 0. The molecule has 18 heavy (non-hydrogen) atoms. The van der Waals surface area contributed by atoms with Crippen molar-refractivity contribution in [2.45, 2.75) is 52.5 Å². The van der Waals surface area contributed by atoms with Crippen molar-refractivity contribution in [1.29, 1.82) is 0 Å². The molecular weight excluding hydrogens is 224 g/mol. The molecular formula is C15H32N2O. The molecule has 0 spiro atoms. The van der Waals surface area contributed by atoms with E-state index < -0.39 is 0 Å². The zero-order valence-electron chi connectivity index (χ0n) is 12.7. The molecule has 3 heteroatoms. The van der Waals surface area contributed by atoms with Crippen molar-refractivity contribution in [3.8, 4) is 0 Å². The minimum absolute atomic E-state index is 0.341. The van der Waals surface area contributed by atoms with Crippen molar-refractivity contribution in [2.75, 3.05) is 33.4 Å². The van der Waals surface area contributed by atoms with Crippen LogP contribution in [0.25, 0.3) is 0 Å². The fraction of sp³-hybridized carbons (Fsp3) is 1.00. The van der Waals surface area contributed by atoms with Gasteiger partial charge in [0, 0.05) is 19.7 Å². The highest BCUT2D eigenvalue weighted by molar-refractivity contribution is 4.76. The summed E-state index contributed by atoms with van der Waals surface area (Å²) in [6, 6.07) is 0.341. The first-order valence-electron chi connectivity index (χ1n) is 7.37. The predicted molar refractivity (Wildman–Crippen MR) is 77.7 cm³/mol. The van der Waals surface area contributed by atoms with Crippen molar-refractivity contribution in [3.05, 3.63) is 0 Å².